The third kappa shape index (κ3) is 29.2. The van der Waals surface area contributed by atoms with Crippen molar-refractivity contribution in [1.29, 1.82) is 0 Å². The van der Waals surface area contributed by atoms with Crippen LogP contribution >= 0.6 is 0 Å². The summed E-state index contributed by atoms with van der Waals surface area (Å²) in [6.07, 6.45) is 18.2. The Morgan fingerprint density at radius 3 is 1.32 bits per heavy atom. The van der Waals surface area contributed by atoms with Crippen LogP contribution in [-0.4, -0.2) is 24.9 Å². The van der Waals surface area contributed by atoms with Gasteiger partial charge < -0.3 is 0 Å². The fourth-order valence-electron chi connectivity index (χ4n) is 2.89. The predicted molar refractivity (Wildman–Crippen MR) is 108 cm³/mol. The molecule has 0 heterocycles. The number of nitrogens with two attached hydrogens (primary N) is 1. The van der Waals surface area contributed by atoms with E-state index in [0.29, 0.717) is 11.7 Å². The van der Waals surface area contributed by atoms with E-state index in [4.69, 9.17) is 5.84 Å². The van der Waals surface area contributed by atoms with Gasteiger partial charge in [0, 0.05) is 38.6 Å². The van der Waals surface area contributed by atoms with Crippen molar-refractivity contribution in [1.82, 2.24) is 5.01 Å². The smallest absolute Gasteiger partial charge is 0.132 e. The first-order chi connectivity index (χ1) is 11.5. The molecule has 4 heteroatoms. The monoisotopic (exact) mass is 393 g/mol. The molecule has 0 aromatic heterocycles. The van der Waals surface area contributed by atoms with E-state index in [1.165, 1.54) is 82.1 Å². The van der Waals surface area contributed by atoms with Crippen LogP contribution < -0.4 is 5.84 Å². The molecule has 3 nitrogen and oxygen atoms in total. The topological polar surface area (TPSA) is 46.3 Å². The van der Waals surface area contributed by atoms with E-state index in [2.05, 4.69) is 13.8 Å². The summed E-state index contributed by atoms with van der Waals surface area (Å²) in [5.41, 5.74) is 0. The number of nitrogens with zero attached hydrogens (tertiary/aromatic N) is 1. The molecule has 0 bridgehead atoms. The molecule has 0 amide bonds. The largest absolute Gasteiger partial charge is 0.300 e. The number of hydrogen-bond acceptors (Lipinski definition) is 3. The summed E-state index contributed by atoms with van der Waals surface area (Å²) >= 11 is 0. The van der Waals surface area contributed by atoms with Crippen LogP contribution in [0.3, 0.4) is 0 Å². The van der Waals surface area contributed by atoms with Crippen molar-refractivity contribution in [2.75, 3.05) is 14.1 Å². The van der Waals surface area contributed by atoms with Crippen LogP contribution in [0.15, 0.2) is 0 Å². The van der Waals surface area contributed by atoms with Crippen molar-refractivity contribution in [3.05, 3.63) is 0 Å². The first-order valence-corrected chi connectivity index (χ1v) is 10.4. The van der Waals surface area contributed by atoms with E-state index in [-0.39, 0.29) is 18.6 Å². The van der Waals surface area contributed by atoms with Gasteiger partial charge in [-0.05, 0) is 19.8 Å². The average Bonchev–Trinajstić information content (AvgIpc) is 2.51. The standard InChI is InChI=1S/C19H38O.C2H8N2.V/c1-4-6-8-10-12-14-16-19(18(3)20)17-15-13-11-9-7-5-2;1-4(2)3;/h19H,4-17H2,1-3H3;3H2,1-2H3;. The summed E-state index contributed by atoms with van der Waals surface area (Å²) in [7, 11) is 3.56. The molecule has 151 valence electrons. The molecule has 0 aliphatic carbocycles. The Morgan fingerprint density at radius 1 is 0.760 bits per heavy atom. The molecule has 0 unspecified atom stereocenters. The molecular formula is C21H46N2OV. The van der Waals surface area contributed by atoms with Crippen molar-refractivity contribution in [2.24, 2.45) is 11.8 Å². The Kier molecular flexibility index (Phi) is 28.9. The molecule has 0 spiro atoms. The van der Waals surface area contributed by atoms with Crippen LogP contribution in [0.4, 0.5) is 0 Å². The molecule has 0 aromatic carbocycles. The second-order valence-electron chi connectivity index (χ2n) is 7.38. The van der Waals surface area contributed by atoms with Crippen LogP contribution in [-0.2, 0) is 23.4 Å². The molecule has 0 saturated carbocycles. The number of Topliss-reactive ketones (excluding diaryl/α,β-unsaturated/α-hetero) is 1. The number of unbranched alkanes of at least 4 members (excludes halogenated alkanes) is 10. The molecule has 0 fully saturated rings. The minimum Gasteiger partial charge on any atom is -0.300 e. The molecule has 0 saturated heterocycles. The van der Waals surface area contributed by atoms with Gasteiger partial charge in [0.15, 0.2) is 0 Å². The molecule has 0 aliphatic heterocycles. The molecule has 0 aliphatic rings. The third-order valence-electron chi connectivity index (χ3n) is 4.39. The van der Waals surface area contributed by atoms with E-state index in [9.17, 15) is 4.79 Å². The zero-order valence-electron chi connectivity index (χ0n) is 17.9. The van der Waals surface area contributed by atoms with Gasteiger partial charge >= 0.3 is 0 Å². The Bertz CT molecular complexity index is 242. The zero-order chi connectivity index (χ0) is 18.6. The maximum Gasteiger partial charge on any atom is 0.132 e. The summed E-state index contributed by atoms with van der Waals surface area (Å²) in [5, 5.41) is 1.50. The van der Waals surface area contributed by atoms with E-state index in [0.717, 1.165) is 12.8 Å². The van der Waals surface area contributed by atoms with E-state index >= 15 is 0 Å². The van der Waals surface area contributed by atoms with Crippen molar-refractivity contribution in [2.45, 2.75) is 111 Å². The van der Waals surface area contributed by atoms with E-state index in [1.807, 2.05) is 0 Å². The number of ketones is 1. The van der Waals surface area contributed by atoms with Gasteiger partial charge in [-0.3, -0.25) is 15.6 Å². The fourth-order valence-corrected chi connectivity index (χ4v) is 2.89. The summed E-state index contributed by atoms with van der Waals surface area (Å²) in [5.74, 6) is 5.72. The van der Waals surface area contributed by atoms with Crippen molar-refractivity contribution >= 4 is 5.78 Å². The first-order valence-electron chi connectivity index (χ1n) is 10.4. The average molecular weight is 394 g/mol. The number of carbonyl (C=O) groups is 1. The van der Waals surface area contributed by atoms with Gasteiger partial charge in [-0.1, -0.05) is 90.9 Å². The summed E-state index contributed by atoms with van der Waals surface area (Å²) in [4.78, 5) is 11.7. The summed E-state index contributed by atoms with van der Waals surface area (Å²) in [6.45, 7) is 6.30. The molecule has 0 aromatic rings. The van der Waals surface area contributed by atoms with Gasteiger partial charge in [-0.25, -0.2) is 0 Å². The minimum atomic E-state index is 0. The SMILES string of the molecule is CCCCCCCCC(CCCCCCCC)C(C)=O.CN(C)N.[V]. The van der Waals surface area contributed by atoms with Crippen LogP contribution in [0.1, 0.15) is 111 Å². The molecule has 25 heavy (non-hydrogen) atoms. The zero-order valence-corrected chi connectivity index (χ0v) is 19.3. The maximum atomic E-state index is 11.7. The predicted octanol–water partition coefficient (Wildman–Crippen LogP) is 6.11. The number of hydrogen-bond donors (Lipinski definition) is 1. The molecule has 2 N–H and O–H groups in total. The van der Waals surface area contributed by atoms with Gasteiger partial charge in [0.1, 0.15) is 5.78 Å². The van der Waals surface area contributed by atoms with Gasteiger partial charge in [0.2, 0.25) is 0 Å². The number of carbonyl (C=O) groups excluding carboxylic acids is 1. The molecule has 0 rings (SSSR count). The van der Waals surface area contributed by atoms with Gasteiger partial charge in [-0.2, -0.15) is 0 Å². The Balaban J connectivity index is -0.000000867. The molecule has 1 radical (unpaired) electrons. The van der Waals surface area contributed by atoms with Crippen LogP contribution in [0.5, 0.6) is 0 Å². The summed E-state index contributed by atoms with van der Waals surface area (Å²) in [6, 6.07) is 0. The Labute approximate surface area is 170 Å². The number of rotatable bonds is 15. The van der Waals surface area contributed by atoms with Gasteiger partial charge in [-0.15, -0.1) is 0 Å². The Morgan fingerprint density at radius 2 is 1.04 bits per heavy atom. The van der Waals surface area contributed by atoms with E-state index in [1.54, 1.807) is 21.0 Å². The minimum absolute atomic E-state index is 0. The Hall–Kier alpha value is 0.174. The molecule has 0 atom stereocenters. The fraction of sp³-hybridized carbons (Fsp3) is 0.952. The third-order valence-corrected chi connectivity index (χ3v) is 4.39. The van der Waals surface area contributed by atoms with Crippen molar-refractivity contribution in [3.63, 3.8) is 0 Å². The number of hydrazine groups is 1. The summed E-state index contributed by atoms with van der Waals surface area (Å²) < 4.78 is 0. The van der Waals surface area contributed by atoms with Crippen LogP contribution in [0.2, 0.25) is 0 Å². The molecular weight excluding hydrogens is 347 g/mol. The van der Waals surface area contributed by atoms with Crippen molar-refractivity contribution in [3.8, 4) is 0 Å². The van der Waals surface area contributed by atoms with Gasteiger partial charge in [0.05, 0.1) is 0 Å². The second-order valence-corrected chi connectivity index (χ2v) is 7.38. The second kappa shape index (κ2) is 24.2. The van der Waals surface area contributed by atoms with Crippen LogP contribution in [0, 0.1) is 5.92 Å². The maximum absolute atomic E-state index is 11.7. The van der Waals surface area contributed by atoms with Gasteiger partial charge in [0.25, 0.3) is 0 Å². The van der Waals surface area contributed by atoms with E-state index < -0.39 is 0 Å². The first kappa shape index (κ1) is 29.9. The quantitative estimate of drug-likeness (QED) is 0.207. The van der Waals surface area contributed by atoms with Crippen LogP contribution in [0.25, 0.3) is 0 Å². The van der Waals surface area contributed by atoms with Crippen molar-refractivity contribution < 1.29 is 23.4 Å². The normalized spacial score (nSPS) is 10.4.